The van der Waals surface area contributed by atoms with Gasteiger partial charge in [-0.1, -0.05) is 41.8 Å². The van der Waals surface area contributed by atoms with Crippen molar-refractivity contribution in [2.24, 2.45) is 0 Å². The van der Waals surface area contributed by atoms with Crippen molar-refractivity contribution in [3.8, 4) is 11.4 Å². The van der Waals surface area contributed by atoms with Gasteiger partial charge in [0.1, 0.15) is 11.9 Å². The zero-order valence-electron chi connectivity index (χ0n) is 18.3. The number of aryl methyl sites for hydroxylation is 1. The number of anilines is 1. The largest absolute Gasteiger partial charge is 0.324 e. The van der Waals surface area contributed by atoms with Crippen LogP contribution in [-0.4, -0.2) is 43.4 Å². The van der Waals surface area contributed by atoms with Gasteiger partial charge < -0.3 is 9.88 Å². The number of imide groups is 1. The van der Waals surface area contributed by atoms with E-state index < -0.39 is 23.8 Å². The number of hydrogen-bond acceptors (Lipinski definition) is 5. The van der Waals surface area contributed by atoms with Crippen molar-refractivity contribution in [3.05, 3.63) is 63.4 Å². The molecule has 3 amide bonds. The van der Waals surface area contributed by atoms with E-state index in [1.807, 2.05) is 18.2 Å². The van der Waals surface area contributed by atoms with Gasteiger partial charge in [-0.15, -0.1) is 10.2 Å². The summed E-state index contributed by atoms with van der Waals surface area (Å²) in [4.78, 5) is 39.6. The SMILES string of the molecule is CC(C(=O)Nc1cccc(-c2nnc3n2CCCCC3)c1)N1C(=O)c2cc(Cl)c(Cl)cc2C1=O. The summed E-state index contributed by atoms with van der Waals surface area (Å²) in [5.74, 6) is 0.0720. The highest BCUT2D eigenvalue weighted by atomic mass is 35.5. The van der Waals surface area contributed by atoms with Crippen LogP contribution < -0.4 is 5.32 Å². The number of benzene rings is 2. The van der Waals surface area contributed by atoms with Gasteiger partial charge in [0.15, 0.2) is 5.82 Å². The molecule has 10 heteroatoms. The third-order valence-corrected chi connectivity index (χ3v) is 6.95. The number of nitrogens with zero attached hydrogens (tertiary/aromatic N) is 4. The van der Waals surface area contributed by atoms with Gasteiger partial charge in [0.2, 0.25) is 5.91 Å². The minimum absolute atomic E-state index is 0.133. The van der Waals surface area contributed by atoms with Crippen molar-refractivity contribution >= 4 is 46.6 Å². The van der Waals surface area contributed by atoms with E-state index in [-0.39, 0.29) is 21.2 Å². The fraction of sp³-hybridized carbons (Fsp3) is 0.292. The van der Waals surface area contributed by atoms with E-state index in [1.165, 1.54) is 19.1 Å². The Hall–Kier alpha value is -3.23. The molecule has 2 aliphatic heterocycles. The molecular formula is C24H21Cl2N5O3. The average Bonchev–Trinajstić information content (AvgIpc) is 3.21. The van der Waals surface area contributed by atoms with E-state index >= 15 is 0 Å². The molecule has 0 saturated carbocycles. The fourth-order valence-electron chi connectivity index (χ4n) is 4.40. The predicted octanol–water partition coefficient (Wildman–Crippen LogP) is 4.60. The Morgan fingerprint density at radius 3 is 2.41 bits per heavy atom. The number of aromatic nitrogens is 3. The third kappa shape index (κ3) is 3.86. The van der Waals surface area contributed by atoms with Gasteiger partial charge in [-0.2, -0.15) is 0 Å². The van der Waals surface area contributed by atoms with E-state index in [2.05, 4.69) is 20.1 Å². The summed E-state index contributed by atoms with van der Waals surface area (Å²) in [5.41, 5.74) is 1.63. The lowest BCUT2D eigenvalue weighted by molar-refractivity contribution is -0.119. The van der Waals surface area contributed by atoms with Crippen LogP contribution in [0.25, 0.3) is 11.4 Å². The number of carbonyl (C=O) groups is 3. The van der Waals surface area contributed by atoms with E-state index in [1.54, 1.807) is 6.07 Å². The quantitative estimate of drug-likeness (QED) is 0.531. The van der Waals surface area contributed by atoms with Gasteiger partial charge in [0.05, 0.1) is 21.2 Å². The molecule has 0 radical (unpaired) electrons. The van der Waals surface area contributed by atoms with Crippen molar-refractivity contribution < 1.29 is 14.4 Å². The van der Waals surface area contributed by atoms with Crippen molar-refractivity contribution in [1.29, 1.82) is 0 Å². The molecule has 0 spiro atoms. The molecule has 2 aliphatic rings. The smallest absolute Gasteiger partial charge is 0.262 e. The second-order valence-electron chi connectivity index (χ2n) is 8.44. The first-order chi connectivity index (χ1) is 16.3. The Kier molecular flexibility index (Phi) is 5.87. The van der Waals surface area contributed by atoms with E-state index in [9.17, 15) is 14.4 Å². The minimum atomic E-state index is -1.04. The number of carbonyl (C=O) groups excluding carboxylic acids is 3. The molecule has 1 atom stereocenters. The summed E-state index contributed by atoms with van der Waals surface area (Å²) in [6, 6.07) is 8.96. The molecule has 174 valence electrons. The van der Waals surface area contributed by atoms with Crippen LogP contribution in [0.15, 0.2) is 36.4 Å². The molecule has 8 nitrogen and oxygen atoms in total. The van der Waals surface area contributed by atoms with E-state index in [0.29, 0.717) is 5.69 Å². The van der Waals surface area contributed by atoms with Crippen molar-refractivity contribution in [2.45, 2.75) is 45.2 Å². The number of hydrogen-bond donors (Lipinski definition) is 1. The molecule has 0 bridgehead atoms. The van der Waals surface area contributed by atoms with Gasteiger partial charge in [0, 0.05) is 24.2 Å². The van der Waals surface area contributed by atoms with Crippen LogP contribution in [-0.2, 0) is 17.8 Å². The Morgan fingerprint density at radius 1 is 1.00 bits per heavy atom. The molecule has 1 unspecified atom stereocenters. The van der Waals surface area contributed by atoms with E-state index in [0.717, 1.165) is 54.3 Å². The Balaban J connectivity index is 1.36. The van der Waals surface area contributed by atoms with Crippen LogP contribution in [0.5, 0.6) is 0 Å². The lowest BCUT2D eigenvalue weighted by Gasteiger charge is -2.21. The number of rotatable bonds is 4. The van der Waals surface area contributed by atoms with Crippen LogP contribution in [0, 0.1) is 0 Å². The topological polar surface area (TPSA) is 97.2 Å². The average molecular weight is 498 g/mol. The number of halogens is 2. The van der Waals surface area contributed by atoms with E-state index in [4.69, 9.17) is 23.2 Å². The first-order valence-electron chi connectivity index (χ1n) is 11.1. The maximum Gasteiger partial charge on any atom is 0.262 e. The van der Waals surface area contributed by atoms with Gasteiger partial charge in [-0.05, 0) is 44.0 Å². The summed E-state index contributed by atoms with van der Waals surface area (Å²) in [6.07, 6.45) is 4.23. The molecule has 34 heavy (non-hydrogen) atoms. The number of amides is 3. The molecule has 1 aromatic heterocycles. The summed E-state index contributed by atoms with van der Waals surface area (Å²) in [5, 5.41) is 11.9. The van der Waals surface area contributed by atoms with Crippen molar-refractivity contribution in [3.63, 3.8) is 0 Å². The number of nitrogens with one attached hydrogen (secondary N) is 1. The highest BCUT2D eigenvalue weighted by Crippen LogP contribution is 2.33. The maximum absolute atomic E-state index is 13.0. The van der Waals surface area contributed by atoms with Crippen molar-refractivity contribution in [1.82, 2.24) is 19.7 Å². The molecule has 0 saturated heterocycles. The monoisotopic (exact) mass is 497 g/mol. The number of fused-ring (bicyclic) bond motifs is 2. The highest BCUT2D eigenvalue weighted by Gasteiger charge is 2.41. The first kappa shape index (κ1) is 22.6. The van der Waals surface area contributed by atoms with Crippen LogP contribution in [0.1, 0.15) is 52.7 Å². The zero-order chi connectivity index (χ0) is 24.0. The predicted molar refractivity (Wildman–Crippen MR) is 128 cm³/mol. The van der Waals surface area contributed by atoms with Crippen LogP contribution in [0.2, 0.25) is 10.0 Å². The highest BCUT2D eigenvalue weighted by molar-refractivity contribution is 6.43. The van der Waals surface area contributed by atoms with Gasteiger partial charge in [-0.25, -0.2) is 0 Å². The molecule has 0 aliphatic carbocycles. The summed E-state index contributed by atoms with van der Waals surface area (Å²) in [6.45, 7) is 2.36. The Labute approximate surface area is 205 Å². The third-order valence-electron chi connectivity index (χ3n) is 6.22. The second kappa shape index (κ2) is 8.85. The van der Waals surface area contributed by atoms with Crippen LogP contribution in [0.4, 0.5) is 5.69 Å². The second-order valence-corrected chi connectivity index (χ2v) is 9.25. The standard InChI is InChI=1S/C24H21Cl2N5O3/c1-13(31-23(33)16-11-18(25)19(26)12-17(16)24(31)34)22(32)27-15-7-5-6-14(10-15)21-29-28-20-8-3-2-4-9-30(20)21/h5-7,10-13H,2-4,8-9H2,1H3,(H,27,32). The molecule has 5 rings (SSSR count). The Morgan fingerprint density at radius 2 is 1.71 bits per heavy atom. The lowest BCUT2D eigenvalue weighted by atomic mass is 10.1. The lowest BCUT2D eigenvalue weighted by Crippen LogP contribution is -2.45. The van der Waals surface area contributed by atoms with Crippen molar-refractivity contribution in [2.75, 3.05) is 5.32 Å². The van der Waals surface area contributed by atoms with Gasteiger partial charge in [-0.3, -0.25) is 19.3 Å². The summed E-state index contributed by atoms with van der Waals surface area (Å²) in [7, 11) is 0. The fourth-order valence-corrected chi connectivity index (χ4v) is 4.73. The Bertz CT molecular complexity index is 1300. The molecule has 3 heterocycles. The molecule has 0 fully saturated rings. The zero-order valence-corrected chi connectivity index (χ0v) is 19.9. The van der Waals surface area contributed by atoms with Gasteiger partial charge >= 0.3 is 0 Å². The van der Waals surface area contributed by atoms with Crippen LogP contribution >= 0.6 is 23.2 Å². The minimum Gasteiger partial charge on any atom is -0.324 e. The first-order valence-corrected chi connectivity index (χ1v) is 11.8. The maximum atomic E-state index is 13.0. The molecule has 1 N–H and O–H groups in total. The molecule has 3 aromatic rings. The van der Waals surface area contributed by atoms with Gasteiger partial charge in [0.25, 0.3) is 11.8 Å². The normalized spacial score (nSPS) is 16.1. The molecular weight excluding hydrogens is 477 g/mol. The van der Waals surface area contributed by atoms with Crippen LogP contribution in [0.3, 0.4) is 0 Å². The summed E-state index contributed by atoms with van der Waals surface area (Å²) >= 11 is 12.0. The molecule has 2 aromatic carbocycles. The summed E-state index contributed by atoms with van der Waals surface area (Å²) < 4.78 is 2.13.